The van der Waals surface area contributed by atoms with Crippen LogP contribution < -0.4 is 9.47 Å². The second-order valence-electron chi connectivity index (χ2n) is 6.49. The Hall–Kier alpha value is -3.14. The molecule has 0 bridgehead atoms. The maximum Gasteiger partial charge on any atom is 0.131 e. The van der Waals surface area contributed by atoms with Crippen molar-refractivity contribution < 1.29 is 19.7 Å². The molecule has 2 N–H and O–H groups in total. The predicted molar refractivity (Wildman–Crippen MR) is 102 cm³/mol. The fourth-order valence-corrected chi connectivity index (χ4v) is 2.82. The van der Waals surface area contributed by atoms with Crippen molar-refractivity contribution in [1.82, 2.24) is 0 Å². The van der Waals surface area contributed by atoms with Gasteiger partial charge in [0.2, 0.25) is 0 Å². The first-order chi connectivity index (χ1) is 12.3. The molecule has 0 saturated heterocycles. The maximum absolute atomic E-state index is 9.88. The molecular weight excluding hydrogens is 328 g/mol. The molecule has 4 nitrogen and oxygen atoms in total. The first-order valence-electron chi connectivity index (χ1n) is 8.39. The number of aromatic hydroxyl groups is 2. The van der Waals surface area contributed by atoms with Crippen molar-refractivity contribution in [2.24, 2.45) is 0 Å². The summed E-state index contributed by atoms with van der Waals surface area (Å²) in [6.07, 6.45) is 0. The molecule has 0 aliphatic carbocycles. The highest BCUT2D eigenvalue weighted by Crippen LogP contribution is 2.34. The van der Waals surface area contributed by atoms with Crippen LogP contribution in [-0.2, 0) is 0 Å². The van der Waals surface area contributed by atoms with E-state index in [-0.39, 0.29) is 11.5 Å². The number of phenols is 2. The van der Waals surface area contributed by atoms with Crippen LogP contribution in [-0.4, -0.2) is 10.2 Å². The third-order valence-electron chi connectivity index (χ3n) is 4.21. The number of hydrogen-bond donors (Lipinski definition) is 2. The van der Waals surface area contributed by atoms with Crippen LogP contribution in [0, 0.1) is 27.7 Å². The highest BCUT2D eigenvalue weighted by atomic mass is 16.5. The highest BCUT2D eigenvalue weighted by Gasteiger charge is 2.08. The van der Waals surface area contributed by atoms with Gasteiger partial charge in [0.25, 0.3) is 0 Å². The molecule has 0 aliphatic heterocycles. The third kappa shape index (κ3) is 3.75. The summed E-state index contributed by atoms with van der Waals surface area (Å²) >= 11 is 0. The molecule has 0 aromatic heterocycles. The van der Waals surface area contributed by atoms with Gasteiger partial charge in [0.15, 0.2) is 0 Å². The van der Waals surface area contributed by atoms with Crippen LogP contribution in [0.5, 0.6) is 34.5 Å². The lowest BCUT2D eigenvalue weighted by Gasteiger charge is -2.12. The fraction of sp³-hybridized carbons (Fsp3) is 0.182. The zero-order valence-electron chi connectivity index (χ0n) is 15.3. The maximum atomic E-state index is 9.88. The molecule has 0 saturated carbocycles. The summed E-state index contributed by atoms with van der Waals surface area (Å²) in [5.41, 5.74) is 3.06. The van der Waals surface area contributed by atoms with E-state index < -0.39 is 0 Å². The van der Waals surface area contributed by atoms with Crippen LogP contribution in [0.25, 0.3) is 0 Å². The lowest BCUT2D eigenvalue weighted by Crippen LogP contribution is -1.90. The normalized spacial score (nSPS) is 10.6. The van der Waals surface area contributed by atoms with Gasteiger partial charge in [-0.3, -0.25) is 0 Å². The van der Waals surface area contributed by atoms with E-state index >= 15 is 0 Å². The molecule has 0 amide bonds. The number of ether oxygens (including phenoxy) is 2. The van der Waals surface area contributed by atoms with Crippen molar-refractivity contribution in [1.29, 1.82) is 0 Å². The van der Waals surface area contributed by atoms with Gasteiger partial charge in [0.1, 0.15) is 34.5 Å². The summed E-state index contributed by atoms with van der Waals surface area (Å²) in [6, 6.07) is 14.5. The number of aryl methyl sites for hydroxylation is 4. The average molecular weight is 350 g/mol. The topological polar surface area (TPSA) is 58.9 Å². The molecule has 0 radical (unpaired) electrons. The highest BCUT2D eigenvalue weighted by molar-refractivity contribution is 5.48. The van der Waals surface area contributed by atoms with Crippen molar-refractivity contribution in [3.05, 3.63) is 70.8 Å². The molecule has 3 rings (SSSR count). The molecule has 4 heteroatoms. The molecule has 0 unspecified atom stereocenters. The first-order valence-corrected chi connectivity index (χ1v) is 8.39. The van der Waals surface area contributed by atoms with Crippen molar-refractivity contribution in [2.45, 2.75) is 27.7 Å². The van der Waals surface area contributed by atoms with Crippen LogP contribution in [0.2, 0.25) is 0 Å². The molecule has 134 valence electrons. The molecule has 26 heavy (non-hydrogen) atoms. The Morgan fingerprint density at radius 2 is 0.885 bits per heavy atom. The van der Waals surface area contributed by atoms with Crippen LogP contribution in [0.15, 0.2) is 48.5 Å². The summed E-state index contributed by atoms with van der Waals surface area (Å²) in [4.78, 5) is 0. The largest absolute Gasteiger partial charge is 0.507 e. The van der Waals surface area contributed by atoms with E-state index in [0.29, 0.717) is 23.0 Å². The average Bonchev–Trinajstić information content (AvgIpc) is 2.58. The van der Waals surface area contributed by atoms with Gasteiger partial charge in [-0.1, -0.05) is 6.07 Å². The van der Waals surface area contributed by atoms with Crippen molar-refractivity contribution >= 4 is 0 Å². The Kier molecular flexibility index (Phi) is 4.76. The number of hydrogen-bond acceptors (Lipinski definition) is 4. The predicted octanol–water partition coefficient (Wildman–Crippen LogP) is 5.92. The van der Waals surface area contributed by atoms with Gasteiger partial charge < -0.3 is 19.7 Å². The lowest BCUT2D eigenvalue weighted by atomic mass is 10.1. The van der Waals surface area contributed by atoms with Gasteiger partial charge in [-0.05, 0) is 86.3 Å². The molecule has 3 aromatic carbocycles. The number of phenolic OH excluding ortho intramolecular Hbond substituents is 2. The van der Waals surface area contributed by atoms with E-state index in [0.717, 1.165) is 22.3 Å². The van der Waals surface area contributed by atoms with Crippen molar-refractivity contribution in [3.63, 3.8) is 0 Å². The van der Waals surface area contributed by atoms with Crippen LogP contribution in [0.1, 0.15) is 22.3 Å². The van der Waals surface area contributed by atoms with Gasteiger partial charge in [-0.15, -0.1) is 0 Å². The molecular formula is C22H22O4. The smallest absolute Gasteiger partial charge is 0.131 e. The van der Waals surface area contributed by atoms with Crippen LogP contribution >= 0.6 is 0 Å². The zero-order valence-corrected chi connectivity index (χ0v) is 15.3. The summed E-state index contributed by atoms with van der Waals surface area (Å²) in [7, 11) is 0. The summed E-state index contributed by atoms with van der Waals surface area (Å²) < 4.78 is 11.8. The quantitative estimate of drug-likeness (QED) is 0.613. The van der Waals surface area contributed by atoms with E-state index in [1.165, 1.54) is 0 Å². The van der Waals surface area contributed by atoms with Gasteiger partial charge in [-0.25, -0.2) is 0 Å². The van der Waals surface area contributed by atoms with Crippen LogP contribution in [0.4, 0.5) is 0 Å². The van der Waals surface area contributed by atoms with E-state index in [2.05, 4.69) is 0 Å². The van der Waals surface area contributed by atoms with Gasteiger partial charge >= 0.3 is 0 Å². The first kappa shape index (κ1) is 17.7. The Balaban J connectivity index is 1.83. The Labute approximate surface area is 153 Å². The van der Waals surface area contributed by atoms with Gasteiger partial charge in [0, 0.05) is 6.07 Å². The van der Waals surface area contributed by atoms with Gasteiger partial charge in [-0.2, -0.15) is 0 Å². The third-order valence-corrected chi connectivity index (χ3v) is 4.21. The monoisotopic (exact) mass is 350 g/mol. The minimum Gasteiger partial charge on any atom is -0.507 e. The molecule has 0 heterocycles. The number of benzene rings is 3. The SMILES string of the molecule is Cc1cc(Oc2cccc(Oc3cc(C)c(O)c(C)c3)c2)cc(C)c1O. The van der Waals surface area contributed by atoms with Gasteiger partial charge in [0.05, 0.1) is 0 Å². The van der Waals surface area contributed by atoms with Crippen molar-refractivity contribution in [3.8, 4) is 34.5 Å². The molecule has 0 aliphatic rings. The van der Waals surface area contributed by atoms with Crippen molar-refractivity contribution in [2.75, 3.05) is 0 Å². The second kappa shape index (κ2) is 7.00. The van der Waals surface area contributed by atoms with Crippen LogP contribution in [0.3, 0.4) is 0 Å². The molecule has 0 fully saturated rings. The van der Waals surface area contributed by atoms with E-state index in [9.17, 15) is 10.2 Å². The minimum atomic E-state index is 0.285. The lowest BCUT2D eigenvalue weighted by molar-refractivity contribution is 0.447. The Bertz CT molecular complexity index is 839. The van der Waals surface area contributed by atoms with E-state index in [1.807, 2.05) is 45.9 Å². The van der Waals surface area contributed by atoms with E-state index in [1.54, 1.807) is 30.3 Å². The Morgan fingerprint density at radius 1 is 0.538 bits per heavy atom. The second-order valence-corrected chi connectivity index (χ2v) is 6.49. The summed E-state index contributed by atoms with van der Waals surface area (Å²) in [5, 5.41) is 19.8. The molecule has 0 atom stereocenters. The minimum absolute atomic E-state index is 0.285. The number of rotatable bonds is 4. The standard InChI is InChI=1S/C22H22O4/c1-13-8-19(9-14(2)21(13)23)25-17-6-5-7-18(12-17)26-20-10-15(3)22(24)16(4)11-20/h5-12,23-24H,1-4H3. The van der Waals surface area contributed by atoms with E-state index in [4.69, 9.17) is 9.47 Å². The Morgan fingerprint density at radius 3 is 1.23 bits per heavy atom. The molecule has 0 spiro atoms. The summed E-state index contributed by atoms with van der Waals surface area (Å²) in [6.45, 7) is 7.35. The molecule has 3 aromatic rings. The fourth-order valence-electron chi connectivity index (χ4n) is 2.82. The zero-order chi connectivity index (χ0) is 18.8. The summed E-state index contributed by atoms with van der Waals surface area (Å²) in [5.74, 6) is 3.16.